The molecule has 1 aliphatic rings. The lowest BCUT2D eigenvalue weighted by atomic mass is 9.84. The Kier molecular flexibility index (Phi) is 3.34. The molecular weight excluding hydrogens is 154 g/mol. The number of hydrogen-bond acceptors (Lipinski definition) is 3. The lowest BCUT2D eigenvalue weighted by molar-refractivity contribution is 0.302. The zero-order valence-electron chi connectivity index (χ0n) is 7.24. The van der Waals surface area contributed by atoms with E-state index in [1.54, 1.807) is 0 Å². The van der Waals surface area contributed by atoms with Crippen molar-refractivity contribution in [2.75, 3.05) is 0 Å². The number of amidine groups is 1. The molecule has 0 aromatic heterocycles. The maximum absolute atomic E-state index is 8.42. The second kappa shape index (κ2) is 4.30. The van der Waals surface area contributed by atoms with Crippen LogP contribution in [0.25, 0.3) is 0 Å². The number of nitrogens with two attached hydrogens (primary N) is 2. The molecule has 12 heavy (non-hydrogen) atoms. The largest absolute Gasteiger partial charge is 0.409 e. The average Bonchev–Trinajstić information content (AvgIpc) is 2.17. The molecule has 5 N–H and O–H groups in total. The molecule has 0 heterocycles. The van der Waals surface area contributed by atoms with Gasteiger partial charge in [0.05, 0.1) is 6.04 Å². The Bertz CT molecular complexity index is 164. The van der Waals surface area contributed by atoms with Gasteiger partial charge in [-0.2, -0.15) is 0 Å². The molecule has 0 radical (unpaired) electrons. The Morgan fingerprint density at radius 2 is 1.92 bits per heavy atom. The highest BCUT2D eigenvalue weighted by molar-refractivity contribution is 5.85. The highest BCUT2D eigenvalue weighted by Gasteiger charge is 2.23. The van der Waals surface area contributed by atoms with Crippen molar-refractivity contribution in [2.24, 2.45) is 22.5 Å². The van der Waals surface area contributed by atoms with Crippen LogP contribution in [0.15, 0.2) is 5.16 Å². The van der Waals surface area contributed by atoms with Gasteiger partial charge in [-0.25, -0.2) is 0 Å². The Hall–Kier alpha value is -0.770. The molecule has 1 rings (SSSR count). The standard InChI is InChI=1S/C8H17N3O/c9-7(8(10)11-12)6-4-2-1-3-5-6/h6-7,12H,1-5,9H2,(H2,10,11). The summed E-state index contributed by atoms with van der Waals surface area (Å²) in [6, 6.07) is -0.254. The van der Waals surface area contributed by atoms with E-state index in [-0.39, 0.29) is 11.9 Å². The second-order valence-corrected chi connectivity index (χ2v) is 3.45. The number of rotatable bonds is 2. The minimum absolute atomic E-state index is 0.168. The monoisotopic (exact) mass is 171 g/mol. The van der Waals surface area contributed by atoms with Crippen molar-refractivity contribution < 1.29 is 5.21 Å². The van der Waals surface area contributed by atoms with Crippen LogP contribution in [0.2, 0.25) is 0 Å². The van der Waals surface area contributed by atoms with Crippen molar-refractivity contribution in [1.82, 2.24) is 0 Å². The second-order valence-electron chi connectivity index (χ2n) is 3.45. The van der Waals surface area contributed by atoms with E-state index < -0.39 is 0 Å². The molecule has 1 unspecified atom stereocenters. The fraction of sp³-hybridized carbons (Fsp3) is 0.875. The molecule has 4 heteroatoms. The summed E-state index contributed by atoms with van der Waals surface area (Å²) in [4.78, 5) is 0. The smallest absolute Gasteiger partial charge is 0.156 e. The maximum Gasteiger partial charge on any atom is 0.156 e. The van der Waals surface area contributed by atoms with Crippen molar-refractivity contribution in [3.63, 3.8) is 0 Å². The van der Waals surface area contributed by atoms with Crippen molar-refractivity contribution >= 4 is 5.84 Å². The molecule has 0 spiro atoms. The van der Waals surface area contributed by atoms with E-state index >= 15 is 0 Å². The number of hydrogen-bond donors (Lipinski definition) is 3. The number of nitrogens with zero attached hydrogens (tertiary/aromatic N) is 1. The van der Waals surface area contributed by atoms with Gasteiger partial charge in [-0.15, -0.1) is 0 Å². The summed E-state index contributed by atoms with van der Waals surface area (Å²) in [5, 5.41) is 11.4. The Morgan fingerprint density at radius 3 is 2.42 bits per heavy atom. The third-order valence-electron chi connectivity index (χ3n) is 2.61. The lowest BCUT2D eigenvalue weighted by Crippen LogP contribution is -2.43. The van der Waals surface area contributed by atoms with Crippen molar-refractivity contribution in [1.29, 1.82) is 0 Å². The summed E-state index contributed by atoms with van der Waals surface area (Å²) in [6.45, 7) is 0. The molecule has 0 aliphatic heterocycles. The zero-order chi connectivity index (χ0) is 8.97. The fourth-order valence-electron chi connectivity index (χ4n) is 1.80. The van der Waals surface area contributed by atoms with Crippen LogP contribution >= 0.6 is 0 Å². The molecule has 1 atom stereocenters. The first-order valence-electron chi connectivity index (χ1n) is 4.48. The van der Waals surface area contributed by atoms with Gasteiger partial charge in [0.25, 0.3) is 0 Å². The first kappa shape index (κ1) is 9.32. The quantitative estimate of drug-likeness (QED) is 0.247. The maximum atomic E-state index is 8.42. The first-order chi connectivity index (χ1) is 5.75. The highest BCUT2D eigenvalue weighted by Crippen LogP contribution is 2.25. The van der Waals surface area contributed by atoms with E-state index in [0.29, 0.717) is 5.92 Å². The predicted molar refractivity (Wildman–Crippen MR) is 48.0 cm³/mol. The van der Waals surface area contributed by atoms with Crippen molar-refractivity contribution in [3.05, 3.63) is 0 Å². The third-order valence-corrected chi connectivity index (χ3v) is 2.61. The normalized spacial score (nSPS) is 23.9. The summed E-state index contributed by atoms with van der Waals surface area (Å²) < 4.78 is 0. The first-order valence-corrected chi connectivity index (χ1v) is 4.48. The molecule has 0 amide bonds. The van der Waals surface area contributed by atoms with Crippen LogP contribution in [0.1, 0.15) is 32.1 Å². The summed E-state index contributed by atoms with van der Waals surface area (Å²) in [7, 11) is 0. The van der Waals surface area contributed by atoms with Gasteiger partial charge in [0.1, 0.15) is 0 Å². The summed E-state index contributed by atoms with van der Waals surface area (Å²) in [5.41, 5.74) is 11.2. The van der Waals surface area contributed by atoms with Gasteiger partial charge in [0.2, 0.25) is 0 Å². The van der Waals surface area contributed by atoms with Crippen molar-refractivity contribution in [3.8, 4) is 0 Å². The molecule has 0 aromatic carbocycles. The molecule has 1 fully saturated rings. The van der Waals surface area contributed by atoms with E-state index in [9.17, 15) is 0 Å². The molecule has 0 bridgehead atoms. The van der Waals surface area contributed by atoms with Gasteiger partial charge in [-0.3, -0.25) is 0 Å². The van der Waals surface area contributed by atoms with Crippen LogP contribution in [0.4, 0.5) is 0 Å². The molecule has 1 aliphatic carbocycles. The SMILES string of the molecule is N/C(=N\O)C(N)C1CCCCC1. The van der Waals surface area contributed by atoms with Crippen LogP contribution in [-0.2, 0) is 0 Å². The van der Waals surface area contributed by atoms with Crippen LogP contribution in [0.5, 0.6) is 0 Å². The van der Waals surface area contributed by atoms with Crippen LogP contribution in [0.3, 0.4) is 0 Å². The predicted octanol–water partition coefficient (Wildman–Crippen LogP) is 0.640. The van der Waals surface area contributed by atoms with Gasteiger partial charge < -0.3 is 16.7 Å². The summed E-state index contributed by atoms with van der Waals surface area (Å²) >= 11 is 0. The van der Waals surface area contributed by atoms with Crippen LogP contribution in [-0.4, -0.2) is 17.1 Å². The Labute approximate surface area is 72.6 Å². The van der Waals surface area contributed by atoms with Gasteiger partial charge in [-0.05, 0) is 18.8 Å². The molecule has 4 nitrogen and oxygen atoms in total. The Morgan fingerprint density at radius 1 is 1.33 bits per heavy atom. The lowest BCUT2D eigenvalue weighted by Gasteiger charge is -2.26. The minimum Gasteiger partial charge on any atom is -0.409 e. The summed E-state index contributed by atoms with van der Waals surface area (Å²) in [6.07, 6.45) is 5.95. The average molecular weight is 171 g/mol. The fourth-order valence-corrected chi connectivity index (χ4v) is 1.80. The van der Waals surface area contributed by atoms with Gasteiger partial charge in [0.15, 0.2) is 5.84 Å². The number of oxime groups is 1. The molecule has 1 saturated carbocycles. The van der Waals surface area contributed by atoms with Crippen LogP contribution < -0.4 is 11.5 Å². The minimum atomic E-state index is -0.254. The molecular formula is C8H17N3O. The third kappa shape index (κ3) is 2.11. The zero-order valence-corrected chi connectivity index (χ0v) is 7.24. The van der Waals surface area contributed by atoms with E-state index in [4.69, 9.17) is 16.7 Å². The topological polar surface area (TPSA) is 84.6 Å². The van der Waals surface area contributed by atoms with E-state index in [1.807, 2.05) is 0 Å². The summed E-state index contributed by atoms with van der Waals surface area (Å²) in [5.74, 6) is 0.580. The van der Waals surface area contributed by atoms with Gasteiger partial charge >= 0.3 is 0 Å². The Balaban J connectivity index is 2.44. The highest BCUT2D eigenvalue weighted by atomic mass is 16.4. The van der Waals surface area contributed by atoms with Gasteiger partial charge in [0, 0.05) is 0 Å². The van der Waals surface area contributed by atoms with E-state index in [1.165, 1.54) is 19.3 Å². The van der Waals surface area contributed by atoms with Crippen LogP contribution in [0, 0.1) is 5.92 Å². The van der Waals surface area contributed by atoms with Crippen molar-refractivity contribution in [2.45, 2.75) is 38.1 Å². The van der Waals surface area contributed by atoms with E-state index in [0.717, 1.165) is 12.8 Å². The van der Waals surface area contributed by atoms with E-state index in [2.05, 4.69) is 5.16 Å². The molecule has 0 saturated heterocycles. The molecule has 70 valence electrons. The molecule has 0 aromatic rings. The van der Waals surface area contributed by atoms with Gasteiger partial charge in [-0.1, -0.05) is 24.4 Å².